The maximum absolute atomic E-state index is 13.2. The Bertz CT molecular complexity index is 1210. The van der Waals surface area contributed by atoms with Gasteiger partial charge in [-0.05, 0) is 25.7 Å². The summed E-state index contributed by atoms with van der Waals surface area (Å²) in [4.78, 5) is 112. The average molecular weight is 718 g/mol. The van der Waals surface area contributed by atoms with Gasteiger partial charge in [-0.3, -0.25) is 43.2 Å². The van der Waals surface area contributed by atoms with Crippen LogP contribution >= 0.6 is 12.6 Å². The number of Topliss-reactive ketones (excluding diaryl/α,β-unsaturated/α-hetero) is 2. The van der Waals surface area contributed by atoms with E-state index >= 15 is 0 Å². The van der Waals surface area contributed by atoms with Gasteiger partial charge in [-0.15, -0.1) is 0 Å². The molecule has 5 atom stereocenters. The highest BCUT2D eigenvalue weighted by atomic mass is 32.1. The van der Waals surface area contributed by atoms with E-state index in [2.05, 4.69) is 39.2 Å². The molecule has 49 heavy (non-hydrogen) atoms. The van der Waals surface area contributed by atoms with Crippen molar-refractivity contribution in [2.75, 3.05) is 32.2 Å². The number of carbonyl (C=O) groups excluding carboxylic acids is 7. The Morgan fingerprint density at radius 1 is 0.735 bits per heavy atom. The lowest BCUT2D eigenvalue weighted by atomic mass is 9.96. The molecule has 5 amide bonds. The summed E-state index contributed by atoms with van der Waals surface area (Å²) in [6.07, 6.45) is -2.37. The van der Waals surface area contributed by atoms with Crippen LogP contribution in [-0.4, -0.2) is 126 Å². The SMILES string of the molecule is CC(C)[C@@H]1NC(=O)[C@H](CC(=O)O)NC(=O)[C@H](CCC(=O)O)NC(=O)[C@H](C)NC(=O)CCC(=O)[C@H](CS)NC(=O)COCCOCCCC1=O. The number of aliphatic carboxylic acids is 2. The summed E-state index contributed by atoms with van der Waals surface area (Å²) in [6, 6.07) is -6.61. The van der Waals surface area contributed by atoms with E-state index in [1.165, 1.54) is 6.92 Å². The molecule has 0 aliphatic carbocycles. The third-order valence-electron chi connectivity index (χ3n) is 7.20. The molecule has 1 rings (SSSR count). The van der Waals surface area contributed by atoms with Gasteiger partial charge in [0.15, 0.2) is 11.6 Å². The number of ether oxygens (including phenoxy) is 2. The number of carbonyl (C=O) groups is 9. The molecule has 1 aliphatic rings. The molecule has 1 saturated heterocycles. The molecule has 0 saturated carbocycles. The molecule has 0 aromatic carbocycles. The van der Waals surface area contributed by atoms with Gasteiger partial charge in [0.05, 0.1) is 31.7 Å². The fourth-order valence-electron chi connectivity index (χ4n) is 4.51. The van der Waals surface area contributed by atoms with Crippen LogP contribution in [-0.2, 0) is 52.6 Å². The van der Waals surface area contributed by atoms with E-state index < -0.39 is 103 Å². The zero-order valence-corrected chi connectivity index (χ0v) is 28.7. The van der Waals surface area contributed by atoms with Crippen LogP contribution in [0.2, 0.25) is 0 Å². The van der Waals surface area contributed by atoms with E-state index in [4.69, 9.17) is 9.47 Å². The predicted molar refractivity (Wildman–Crippen MR) is 173 cm³/mol. The van der Waals surface area contributed by atoms with Crippen molar-refractivity contribution < 1.29 is 62.8 Å². The van der Waals surface area contributed by atoms with Crippen LogP contribution in [0, 0.1) is 5.92 Å². The van der Waals surface area contributed by atoms with E-state index in [1.807, 2.05) is 0 Å². The highest BCUT2D eigenvalue weighted by Crippen LogP contribution is 2.10. The van der Waals surface area contributed by atoms with Crippen molar-refractivity contribution in [3.8, 4) is 0 Å². The van der Waals surface area contributed by atoms with E-state index in [9.17, 15) is 53.4 Å². The Morgan fingerprint density at radius 2 is 1.37 bits per heavy atom. The first-order valence-electron chi connectivity index (χ1n) is 15.8. The number of amides is 5. The number of ketones is 2. The standard InChI is InChI=1S/C30H47N5O13S/c1-16(2)27-22(37)5-4-10-47-11-12-48-14-24(39)32-20(15-49)21(36)7-8-23(38)31-17(3)28(44)33-18(6-9-25(40)41)29(45)34-19(13-26(42)43)30(46)35-27/h16-20,27,49H,4-15H2,1-3H3,(H,31,38)(H,32,39)(H,33,44)(H,34,45)(H,35,46)(H,40,41)(H,42,43)/t17-,18-,19-,20-,27-/m0/s1. The topological polar surface area (TPSA) is 273 Å². The smallest absolute Gasteiger partial charge is 0.305 e. The molecule has 0 aromatic heterocycles. The molecule has 7 N–H and O–H groups in total. The maximum Gasteiger partial charge on any atom is 0.305 e. The highest BCUT2D eigenvalue weighted by molar-refractivity contribution is 7.80. The molecule has 0 spiro atoms. The van der Waals surface area contributed by atoms with Crippen LogP contribution in [0.1, 0.15) is 65.7 Å². The first kappa shape index (κ1) is 42.9. The van der Waals surface area contributed by atoms with Crippen LogP contribution in [0.3, 0.4) is 0 Å². The van der Waals surface area contributed by atoms with Crippen LogP contribution < -0.4 is 26.6 Å². The molecule has 1 aliphatic heterocycles. The molecule has 0 bridgehead atoms. The van der Waals surface area contributed by atoms with Crippen molar-refractivity contribution >= 4 is 65.7 Å². The molecular weight excluding hydrogens is 670 g/mol. The van der Waals surface area contributed by atoms with Crippen LogP contribution in [0.25, 0.3) is 0 Å². The first-order valence-corrected chi connectivity index (χ1v) is 16.4. The largest absolute Gasteiger partial charge is 0.481 e. The van der Waals surface area contributed by atoms with Gasteiger partial charge in [0.25, 0.3) is 0 Å². The van der Waals surface area contributed by atoms with Gasteiger partial charge >= 0.3 is 11.9 Å². The normalized spacial score (nSPS) is 25.7. The minimum atomic E-state index is -1.70. The van der Waals surface area contributed by atoms with Gasteiger partial charge in [-0.2, -0.15) is 12.6 Å². The minimum Gasteiger partial charge on any atom is -0.481 e. The molecule has 1 heterocycles. The summed E-state index contributed by atoms with van der Waals surface area (Å²) in [5.41, 5.74) is 0. The lowest BCUT2D eigenvalue weighted by molar-refractivity contribution is -0.141. The minimum absolute atomic E-state index is 0.0144. The zero-order valence-electron chi connectivity index (χ0n) is 27.8. The molecule has 0 radical (unpaired) electrons. The number of nitrogens with one attached hydrogen (secondary N) is 5. The fraction of sp³-hybridized carbons (Fsp3) is 0.700. The van der Waals surface area contributed by atoms with Crippen molar-refractivity contribution in [3.05, 3.63) is 0 Å². The number of carboxylic acids is 2. The summed E-state index contributed by atoms with van der Waals surface area (Å²) in [7, 11) is 0. The summed E-state index contributed by atoms with van der Waals surface area (Å²) in [5, 5.41) is 30.4. The van der Waals surface area contributed by atoms with Gasteiger partial charge < -0.3 is 46.3 Å². The van der Waals surface area contributed by atoms with Crippen molar-refractivity contribution in [1.82, 2.24) is 26.6 Å². The van der Waals surface area contributed by atoms with E-state index in [1.54, 1.807) is 13.8 Å². The van der Waals surface area contributed by atoms with E-state index in [0.29, 0.717) is 0 Å². The quantitative estimate of drug-likeness (QED) is 0.134. The monoisotopic (exact) mass is 717 g/mol. The van der Waals surface area contributed by atoms with Crippen molar-refractivity contribution in [1.29, 1.82) is 0 Å². The second-order valence-electron chi connectivity index (χ2n) is 11.7. The molecule has 0 aromatic rings. The fourth-order valence-corrected chi connectivity index (χ4v) is 4.80. The average Bonchev–Trinajstić information content (AvgIpc) is 3.02. The van der Waals surface area contributed by atoms with Crippen molar-refractivity contribution in [3.63, 3.8) is 0 Å². The summed E-state index contributed by atoms with van der Waals surface area (Å²) in [6.45, 7) is 4.47. The molecule has 18 nitrogen and oxygen atoms in total. The number of hydrogen-bond acceptors (Lipinski definition) is 12. The van der Waals surface area contributed by atoms with Gasteiger partial charge in [0, 0.05) is 38.0 Å². The van der Waals surface area contributed by atoms with Gasteiger partial charge in [0.2, 0.25) is 29.5 Å². The lowest BCUT2D eigenvalue weighted by Gasteiger charge is -2.26. The third kappa shape index (κ3) is 17.2. The lowest BCUT2D eigenvalue weighted by Crippen LogP contribution is -2.58. The second-order valence-corrected chi connectivity index (χ2v) is 12.0. The molecule has 276 valence electrons. The second kappa shape index (κ2) is 22.5. The summed E-state index contributed by atoms with van der Waals surface area (Å²) in [5.74, 6) is -8.45. The molecule has 0 unspecified atom stereocenters. The molecular formula is C30H47N5O13S. The first-order chi connectivity index (χ1) is 23.0. The summed E-state index contributed by atoms with van der Waals surface area (Å²) >= 11 is 4.08. The Labute approximate surface area is 288 Å². The number of hydrogen-bond donors (Lipinski definition) is 8. The van der Waals surface area contributed by atoms with E-state index in [-0.39, 0.29) is 63.6 Å². The van der Waals surface area contributed by atoms with E-state index in [0.717, 1.165) is 0 Å². The number of carboxylic acid groups (broad SMARTS) is 2. The molecule has 1 fully saturated rings. The van der Waals surface area contributed by atoms with Gasteiger partial charge in [-0.25, -0.2) is 0 Å². The predicted octanol–water partition coefficient (Wildman–Crippen LogP) is -1.90. The Morgan fingerprint density at radius 3 is 1.98 bits per heavy atom. The van der Waals surface area contributed by atoms with Crippen LogP contribution in [0.15, 0.2) is 0 Å². The van der Waals surface area contributed by atoms with Crippen molar-refractivity contribution in [2.24, 2.45) is 5.92 Å². The maximum atomic E-state index is 13.2. The van der Waals surface area contributed by atoms with Crippen LogP contribution in [0.5, 0.6) is 0 Å². The Balaban J connectivity index is 3.25. The van der Waals surface area contributed by atoms with Crippen molar-refractivity contribution in [2.45, 2.75) is 95.9 Å². The molecule has 19 heteroatoms. The summed E-state index contributed by atoms with van der Waals surface area (Å²) < 4.78 is 10.7. The Kier molecular flexibility index (Phi) is 19.7. The number of thiol groups is 1. The van der Waals surface area contributed by atoms with Gasteiger partial charge in [0.1, 0.15) is 24.7 Å². The Hall–Kier alpha value is -4.10. The van der Waals surface area contributed by atoms with Gasteiger partial charge in [-0.1, -0.05) is 13.8 Å². The third-order valence-corrected chi connectivity index (χ3v) is 7.56. The van der Waals surface area contributed by atoms with Crippen LogP contribution in [0.4, 0.5) is 0 Å². The number of rotatable bonds is 7. The zero-order chi connectivity index (χ0) is 37.1. The highest BCUT2D eigenvalue weighted by Gasteiger charge is 2.33.